The summed E-state index contributed by atoms with van der Waals surface area (Å²) in [6.45, 7) is 0.0741. The van der Waals surface area contributed by atoms with Gasteiger partial charge in [-0.1, -0.05) is 18.2 Å². The van der Waals surface area contributed by atoms with Gasteiger partial charge in [-0.3, -0.25) is 0 Å². The average molecular weight is 408 g/mol. The van der Waals surface area contributed by atoms with Gasteiger partial charge in [0, 0.05) is 6.07 Å². The number of H-pyrrole nitrogens is 1. The summed E-state index contributed by atoms with van der Waals surface area (Å²) in [5.41, 5.74) is -0.243. The molecule has 0 saturated carbocycles. The molecule has 10 heteroatoms. The fourth-order valence-corrected chi connectivity index (χ4v) is 2.46. The minimum atomic E-state index is -4.38. The number of benzene rings is 2. The number of rotatable bonds is 6. The Morgan fingerprint density at radius 1 is 1.18 bits per heavy atom. The zero-order valence-corrected chi connectivity index (χ0v) is 15.4. The molecule has 0 bridgehead atoms. The second-order valence-corrected chi connectivity index (χ2v) is 5.98. The monoisotopic (exact) mass is 408 g/mol. The van der Waals surface area contributed by atoms with Gasteiger partial charge >= 0.3 is 6.18 Å². The molecule has 1 N–H and O–H groups in total. The number of hydrogen-bond donors (Lipinski definition) is 1. The lowest BCUT2D eigenvalue weighted by molar-refractivity contribution is -0.137. The number of ether oxygens (including phenoxy) is 2. The Bertz CT molecular complexity index is 1030. The van der Waals surface area contributed by atoms with Gasteiger partial charge in [-0.05, 0) is 42.0 Å². The molecule has 0 amide bonds. The minimum Gasteiger partial charge on any atom is -0.497 e. The highest BCUT2D eigenvalue weighted by Gasteiger charge is 2.29. The second-order valence-electron chi connectivity index (χ2n) is 5.59. The second kappa shape index (κ2) is 8.26. The Hall–Kier alpha value is -3.14. The van der Waals surface area contributed by atoms with Crippen LogP contribution in [0.3, 0.4) is 0 Å². The molecule has 0 atom stereocenters. The number of nitrogens with zero attached hydrogens (tertiary/aromatic N) is 3. The zero-order chi connectivity index (χ0) is 20.1. The maximum atomic E-state index is 12.6. The summed E-state index contributed by atoms with van der Waals surface area (Å²) in [5.74, 6) is 1.62. The van der Waals surface area contributed by atoms with E-state index in [1.165, 1.54) is 23.0 Å². The van der Waals surface area contributed by atoms with Crippen molar-refractivity contribution in [3.05, 3.63) is 70.3 Å². The van der Waals surface area contributed by atoms with Gasteiger partial charge in [0.2, 0.25) is 4.77 Å². The fraction of sp³-hybridized carbons (Fsp3) is 0.167. The van der Waals surface area contributed by atoms with E-state index in [2.05, 4.69) is 15.3 Å². The number of nitrogens with one attached hydrogen (secondary N) is 1. The van der Waals surface area contributed by atoms with Crippen molar-refractivity contribution in [2.45, 2.75) is 12.8 Å². The molecule has 6 nitrogen and oxygen atoms in total. The molecule has 0 unspecified atom stereocenters. The topological polar surface area (TPSA) is 64.4 Å². The SMILES string of the molecule is COc1cccc(OCc2n[nH]c(=S)n2/N=C\c2ccc(C(F)(F)F)cc2)c1. The molecule has 3 rings (SSSR count). The van der Waals surface area contributed by atoms with Gasteiger partial charge < -0.3 is 9.47 Å². The predicted molar refractivity (Wildman–Crippen MR) is 99.2 cm³/mol. The molecule has 1 heterocycles. The van der Waals surface area contributed by atoms with Crippen molar-refractivity contribution >= 4 is 18.4 Å². The number of alkyl halides is 3. The standard InChI is InChI=1S/C18H15F3N4O2S/c1-26-14-3-2-4-15(9-14)27-11-16-23-24-17(28)25(16)22-10-12-5-7-13(8-6-12)18(19,20)21/h2-10H,11H2,1H3,(H,24,28)/b22-10-. The van der Waals surface area contributed by atoms with Crippen molar-refractivity contribution in [1.82, 2.24) is 14.9 Å². The number of halogens is 3. The van der Waals surface area contributed by atoms with E-state index in [1.807, 2.05) is 0 Å². The average Bonchev–Trinajstić information content (AvgIpc) is 3.04. The Balaban J connectivity index is 1.73. The van der Waals surface area contributed by atoms with Crippen LogP contribution in [0.4, 0.5) is 13.2 Å². The van der Waals surface area contributed by atoms with E-state index >= 15 is 0 Å². The lowest BCUT2D eigenvalue weighted by Crippen LogP contribution is -2.05. The molecule has 0 spiro atoms. The van der Waals surface area contributed by atoms with E-state index in [0.717, 1.165) is 12.1 Å². The van der Waals surface area contributed by atoms with Crippen LogP contribution in [0.1, 0.15) is 17.0 Å². The lowest BCUT2D eigenvalue weighted by Gasteiger charge is -2.07. The van der Waals surface area contributed by atoms with E-state index < -0.39 is 11.7 Å². The van der Waals surface area contributed by atoms with Crippen LogP contribution in [-0.4, -0.2) is 28.2 Å². The maximum absolute atomic E-state index is 12.6. The molecule has 0 aliphatic carbocycles. The molecular formula is C18H15F3N4O2S. The van der Waals surface area contributed by atoms with Crippen molar-refractivity contribution in [3.63, 3.8) is 0 Å². The highest BCUT2D eigenvalue weighted by Crippen LogP contribution is 2.28. The van der Waals surface area contributed by atoms with Crippen LogP contribution < -0.4 is 9.47 Å². The molecule has 0 radical (unpaired) electrons. The normalized spacial score (nSPS) is 11.7. The van der Waals surface area contributed by atoms with Gasteiger partial charge in [0.25, 0.3) is 0 Å². The van der Waals surface area contributed by atoms with Crippen LogP contribution in [0.15, 0.2) is 53.6 Å². The first-order chi connectivity index (χ1) is 13.4. The predicted octanol–water partition coefficient (Wildman–Crippen LogP) is 4.43. The van der Waals surface area contributed by atoms with Gasteiger partial charge in [0.15, 0.2) is 5.82 Å². The summed E-state index contributed by atoms with van der Waals surface area (Å²) in [7, 11) is 1.56. The van der Waals surface area contributed by atoms with Crippen molar-refractivity contribution < 1.29 is 22.6 Å². The Morgan fingerprint density at radius 2 is 1.89 bits per heavy atom. The summed E-state index contributed by atoms with van der Waals surface area (Å²) in [4.78, 5) is 0. The van der Waals surface area contributed by atoms with Crippen molar-refractivity contribution in [2.24, 2.45) is 5.10 Å². The Labute approximate surface area is 163 Å². The van der Waals surface area contributed by atoms with Crippen LogP contribution in [0.2, 0.25) is 0 Å². The summed E-state index contributed by atoms with van der Waals surface area (Å²) in [6.07, 6.45) is -2.99. The molecular weight excluding hydrogens is 393 g/mol. The summed E-state index contributed by atoms with van der Waals surface area (Å²) in [6, 6.07) is 11.7. The largest absolute Gasteiger partial charge is 0.497 e. The van der Waals surface area contributed by atoms with Gasteiger partial charge in [-0.25, -0.2) is 5.10 Å². The maximum Gasteiger partial charge on any atom is 0.416 e. The fourth-order valence-electron chi connectivity index (χ4n) is 2.26. The van der Waals surface area contributed by atoms with Gasteiger partial charge in [-0.2, -0.15) is 28.0 Å². The smallest absolute Gasteiger partial charge is 0.416 e. The first-order valence-electron chi connectivity index (χ1n) is 8.01. The number of hydrogen-bond acceptors (Lipinski definition) is 5. The first kappa shape index (κ1) is 19.6. The number of aromatic nitrogens is 3. The minimum absolute atomic E-state index is 0.0741. The molecule has 0 saturated heterocycles. The van der Waals surface area contributed by atoms with Gasteiger partial charge in [0.05, 0.1) is 18.9 Å². The van der Waals surface area contributed by atoms with E-state index in [1.54, 1.807) is 31.4 Å². The van der Waals surface area contributed by atoms with E-state index in [-0.39, 0.29) is 11.4 Å². The quantitative estimate of drug-likeness (QED) is 0.484. The van der Waals surface area contributed by atoms with Crippen molar-refractivity contribution in [2.75, 3.05) is 7.11 Å². The molecule has 2 aromatic carbocycles. The first-order valence-corrected chi connectivity index (χ1v) is 8.42. The van der Waals surface area contributed by atoms with Crippen LogP contribution in [-0.2, 0) is 12.8 Å². The molecule has 146 valence electrons. The molecule has 1 aromatic heterocycles. The highest BCUT2D eigenvalue weighted by molar-refractivity contribution is 7.71. The molecule has 0 aliphatic rings. The lowest BCUT2D eigenvalue weighted by atomic mass is 10.1. The van der Waals surface area contributed by atoms with E-state index in [4.69, 9.17) is 21.7 Å². The third-order valence-corrected chi connectivity index (χ3v) is 3.95. The van der Waals surface area contributed by atoms with Crippen molar-refractivity contribution in [1.29, 1.82) is 0 Å². The summed E-state index contributed by atoms with van der Waals surface area (Å²) in [5, 5.41) is 10.9. The number of aromatic amines is 1. The van der Waals surface area contributed by atoms with E-state index in [9.17, 15) is 13.2 Å². The van der Waals surface area contributed by atoms with Crippen molar-refractivity contribution in [3.8, 4) is 11.5 Å². The Kier molecular flexibility index (Phi) is 5.78. The van der Waals surface area contributed by atoms with Crippen LogP contribution >= 0.6 is 12.2 Å². The third-order valence-electron chi connectivity index (χ3n) is 3.69. The van der Waals surface area contributed by atoms with Gasteiger partial charge in [-0.15, -0.1) is 0 Å². The van der Waals surface area contributed by atoms with Crippen LogP contribution in [0.5, 0.6) is 11.5 Å². The Morgan fingerprint density at radius 3 is 2.57 bits per heavy atom. The van der Waals surface area contributed by atoms with Gasteiger partial charge in [0.1, 0.15) is 18.1 Å². The van der Waals surface area contributed by atoms with Crippen LogP contribution in [0, 0.1) is 4.77 Å². The van der Waals surface area contributed by atoms with E-state index in [0.29, 0.717) is 22.9 Å². The highest BCUT2D eigenvalue weighted by atomic mass is 32.1. The number of methoxy groups -OCH3 is 1. The zero-order valence-electron chi connectivity index (χ0n) is 14.6. The third kappa shape index (κ3) is 4.77. The molecule has 28 heavy (non-hydrogen) atoms. The molecule has 0 fully saturated rings. The molecule has 3 aromatic rings. The summed E-state index contributed by atoms with van der Waals surface area (Å²) < 4.78 is 50.2. The molecule has 0 aliphatic heterocycles. The van der Waals surface area contributed by atoms with Crippen LogP contribution in [0.25, 0.3) is 0 Å². The summed E-state index contributed by atoms with van der Waals surface area (Å²) >= 11 is 5.14.